The molecule has 3 aliphatic rings. The van der Waals surface area contributed by atoms with Crippen LogP contribution in [0.3, 0.4) is 0 Å². The van der Waals surface area contributed by atoms with Crippen LogP contribution in [0.25, 0.3) is 0 Å². The third-order valence-corrected chi connectivity index (χ3v) is 9.17. The number of hydrogen-bond acceptors (Lipinski definition) is 10. The summed E-state index contributed by atoms with van der Waals surface area (Å²) in [6, 6.07) is 6.32. The van der Waals surface area contributed by atoms with Gasteiger partial charge in [-0.05, 0) is 0 Å². The van der Waals surface area contributed by atoms with E-state index in [1.165, 1.54) is 47.0 Å². The van der Waals surface area contributed by atoms with Gasteiger partial charge in [-0.2, -0.15) is 15.8 Å². The Morgan fingerprint density at radius 3 is 1.63 bits per heavy atom. The molecule has 0 aliphatic carbocycles. The number of nitriles is 3. The summed E-state index contributed by atoms with van der Waals surface area (Å²) in [6.45, 7) is 0.819. The average molecular weight is 431 g/mol. The third-order valence-electron chi connectivity index (χ3n) is 3.95. The number of nitrogens with zero attached hydrogens (tertiary/aromatic N) is 3. The molecule has 0 amide bonds. The minimum absolute atomic E-state index is 0.0814. The van der Waals surface area contributed by atoms with Crippen molar-refractivity contribution in [1.29, 1.82) is 15.8 Å². The van der Waals surface area contributed by atoms with Gasteiger partial charge in [0, 0.05) is 6.54 Å². The number of methoxy groups -OCH3 is 2. The molecule has 0 saturated carbocycles. The van der Waals surface area contributed by atoms with Crippen LogP contribution in [0.2, 0.25) is 0 Å². The van der Waals surface area contributed by atoms with E-state index in [9.17, 15) is 15.8 Å². The minimum Gasteiger partial charge on any atom is -0.494 e. The zero-order valence-electron chi connectivity index (χ0n) is 14.1. The molecule has 0 spiro atoms. The second-order valence-corrected chi connectivity index (χ2v) is 10.1. The van der Waals surface area contributed by atoms with Crippen molar-refractivity contribution in [2.75, 3.05) is 20.8 Å². The van der Waals surface area contributed by atoms with Gasteiger partial charge in [-0.3, -0.25) is 0 Å². The number of nitrogens with one attached hydrogen (secondary N) is 1. The first-order chi connectivity index (χ1) is 13.2. The normalized spacial score (nSPS) is 18.7. The fourth-order valence-electron chi connectivity index (χ4n) is 2.63. The Balaban J connectivity index is 1.88. The maximum atomic E-state index is 9.53. The summed E-state index contributed by atoms with van der Waals surface area (Å²) in [5, 5.41) is 31.1. The lowest BCUT2D eigenvalue weighted by Gasteiger charge is -2.14. The summed E-state index contributed by atoms with van der Waals surface area (Å²) < 4.78 is 13.0. The van der Waals surface area contributed by atoms with Crippen molar-refractivity contribution < 1.29 is 9.47 Å². The molecular weight excluding hydrogens is 420 g/mol. The molecule has 1 fully saturated rings. The lowest BCUT2D eigenvalue weighted by molar-refractivity contribution is 0.365. The van der Waals surface area contributed by atoms with E-state index >= 15 is 0 Å². The summed E-state index contributed by atoms with van der Waals surface area (Å²) >= 11 is 5.72. The molecule has 1 atom stereocenters. The van der Waals surface area contributed by atoms with Crippen molar-refractivity contribution in [2.45, 2.75) is 25.6 Å². The zero-order chi connectivity index (χ0) is 19.1. The van der Waals surface area contributed by atoms with Gasteiger partial charge in [0.2, 0.25) is 0 Å². The van der Waals surface area contributed by atoms with Crippen LogP contribution in [0.1, 0.15) is 0 Å². The molecule has 3 aliphatic heterocycles. The largest absolute Gasteiger partial charge is 0.494 e. The molecule has 0 bridgehead atoms. The van der Waals surface area contributed by atoms with E-state index in [-0.39, 0.29) is 11.6 Å². The highest BCUT2D eigenvalue weighted by Gasteiger charge is 2.39. The molecule has 1 aromatic carbocycles. The van der Waals surface area contributed by atoms with Crippen LogP contribution >= 0.6 is 47.0 Å². The molecule has 1 unspecified atom stereocenters. The minimum atomic E-state index is 0.0814. The highest BCUT2D eigenvalue weighted by atomic mass is 32.2. The molecule has 0 aromatic heterocycles. The van der Waals surface area contributed by atoms with Crippen LogP contribution in [-0.2, 0) is 0 Å². The first-order valence-electron chi connectivity index (χ1n) is 7.62. The Bertz CT molecular complexity index is 992. The lowest BCUT2D eigenvalue weighted by Crippen LogP contribution is -1.95. The lowest BCUT2D eigenvalue weighted by atomic mass is 10.2. The first-order valence-corrected chi connectivity index (χ1v) is 10.9. The summed E-state index contributed by atoms with van der Waals surface area (Å²) in [5.41, 5.74) is 0.820. The molecular formula is C17H10N4O2S4. The number of thioether (sulfide) groups is 4. The third kappa shape index (κ3) is 2.97. The number of allylic oxidation sites excluding steroid dienone is 1. The summed E-state index contributed by atoms with van der Waals surface area (Å²) in [6.07, 6.45) is 0. The molecule has 1 aromatic rings. The van der Waals surface area contributed by atoms with Crippen LogP contribution in [-0.4, -0.2) is 26.8 Å². The molecule has 4 rings (SSSR count). The Morgan fingerprint density at radius 2 is 1.30 bits per heavy atom. The highest BCUT2D eigenvalue weighted by Crippen LogP contribution is 2.68. The number of rotatable bonds is 3. The summed E-state index contributed by atoms with van der Waals surface area (Å²) in [4.78, 5) is 3.50. The van der Waals surface area contributed by atoms with E-state index in [2.05, 4.69) is 11.4 Å². The van der Waals surface area contributed by atoms with Crippen LogP contribution in [0.15, 0.2) is 39.2 Å². The average Bonchev–Trinajstić information content (AvgIpc) is 3.27. The molecule has 6 nitrogen and oxygen atoms in total. The molecule has 3 heterocycles. The van der Waals surface area contributed by atoms with Gasteiger partial charge in [-0.1, -0.05) is 47.0 Å². The van der Waals surface area contributed by atoms with Crippen molar-refractivity contribution in [3.05, 3.63) is 19.6 Å². The Morgan fingerprint density at radius 1 is 0.852 bits per heavy atom. The van der Waals surface area contributed by atoms with E-state index in [1.54, 1.807) is 14.2 Å². The summed E-state index contributed by atoms with van der Waals surface area (Å²) in [5.74, 6) is 1.38. The van der Waals surface area contributed by atoms with E-state index in [0.29, 0.717) is 15.7 Å². The maximum Gasteiger partial charge on any atom is 0.150 e. The van der Waals surface area contributed by atoms with Gasteiger partial charge in [0.15, 0.2) is 0 Å². The van der Waals surface area contributed by atoms with Crippen LogP contribution in [0.4, 0.5) is 0 Å². The maximum absolute atomic E-state index is 9.53. The predicted molar refractivity (Wildman–Crippen MR) is 106 cm³/mol. The van der Waals surface area contributed by atoms with Gasteiger partial charge in [0.1, 0.15) is 29.2 Å². The van der Waals surface area contributed by atoms with Crippen molar-refractivity contribution >= 4 is 47.0 Å². The van der Waals surface area contributed by atoms with Gasteiger partial charge in [-0.15, -0.1) is 0 Å². The van der Waals surface area contributed by atoms with Crippen molar-refractivity contribution in [2.24, 2.45) is 0 Å². The van der Waals surface area contributed by atoms with Gasteiger partial charge in [-0.25, -0.2) is 0 Å². The molecule has 134 valence electrons. The first kappa shape index (κ1) is 18.5. The number of benzene rings is 1. The Hall–Kier alpha value is -1.87. The van der Waals surface area contributed by atoms with E-state index in [0.717, 1.165) is 35.9 Å². The summed E-state index contributed by atoms with van der Waals surface area (Å²) in [7, 11) is 3.21. The highest BCUT2D eigenvalue weighted by molar-refractivity contribution is 8.25. The van der Waals surface area contributed by atoms with Crippen LogP contribution < -0.4 is 14.8 Å². The quantitative estimate of drug-likeness (QED) is 0.556. The molecule has 10 heteroatoms. The van der Waals surface area contributed by atoms with E-state index < -0.39 is 0 Å². The van der Waals surface area contributed by atoms with Crippen LogP contribution in [0.5, 0.6) is 11.5 Å². The van der Waals surface area contributed by atoms with E-state index in [4.69, 9.17) is 9.47 Å². The standard InChI is InChI=1S/C17H10N4O2S4/c1-22-10-12-13(25-16(24-12)7(3-18)4-19)11(23-2)15-14(10)26-17(27-15)8(5-20)9-6-21-9/h9,21H,6H2,1-2H3. The van der Waals surface area contributed by atoms with Gasteiger partial charge in [0.05, 0.1) is 60.0 Å². The van der Waals surface area contributed by atoms with Crippen molar-refractivity contribution in [1.82, 2.24) is 5.32 Å². The number of ether oxygens (including phenoxy) is 2. The van der Waals surface area contributed by atoms with Crippen LogP contribution in [0, 0.1) is 34.0 Å². The number of fused-ring (bicyclic) bond motifs is 2. The molecule has 0 radical (unpaired) electrons. The molecule has 27 heavy (non-hydrogen) atoms. The van der Waals surface area contributed by atoms with E-state index in [1.807, 2.05) is 12.1 Å². The SMILES string of the molecule is COc1c2c(c(OC)c3c1SC(=C(C#N)C1CN1)S3)SC(=C(C#N)C#N)S2. The molecule has 1 N–H and O–H groups in total. The van der Waals surface area contributed by atoms with Crippen molar-refractivity contribution in [3.63, 3.8) is 0 Å². The van der Waals surface area contributed by atoms with Gasteiger partial charge >= 0.3 is 0 Å². The number of hydrogen-bond donors (Lipinski definition) is 1. The Labute approximate surface area is 172 Å². The van der Waals surface area contributed by atoms with Gasteiger partial charge < -0.3 is 14.8 Å². The smallest absolute Gasteiger partial charge is 0.150 e. The second-order valence-electron chi connectivity index (χ2n) is 5.45. The fourth-order valence-corrected chi connectivity index (χ4v) is 8.17. The fraction of sp³-hybridized carbons (Fsp3) is 0.235. The zero-order valence-corrected chi connectivity index (χ0v) is 17.3. The van der Waals surface area contributed by atoms with Gasteiger partial charge in [0.25, 0.3) is 0 Å². The second kappa shape index (κ2) is 7.27. The Kier molecular flexibility index (Phi) is 4.98. The topological polar surface area (TPSA) is 112 Å². The predicted octanol–water partition coefficient (Wildman–Crippen LogP) is 4.07. The van der Waals surface area contributed by atoms with Crippen molar-refractivity contribution in [3.8, 4) is 29.7 Å². The monoisotopic (exact) mass is 430 g/mol. The molecule has 1 saturated heterocycles.